The van der Waals surface area contributed by atoms with Gasteiger partial charge in [0.25, 0.3) is 0 Å². The van der Waals surface area contributed by atoms with Crippen LogP contribution in [0.5, 0.6) is 0 Å². The van der Waals surface area contributed by atoms with E-state index in [2.05, 4.69) is 75.4 Å². The van der Waals surface area contributed by atoms with Crippen molar-refractivity contribution in [2.75, 3.05) is 16.6 Å². The number of hydrazine groups is 1. The number of anilines is 3. The Morgan fingerprint density at radius 3 is 1.77 bits per heavy atom. The minimum Gasteiger partial charge on any atom is -0.398 e. The van der Waals surface area contributed by atoms with Crippen LogP contribution in [0.1, 0.15) is 22.3 Å². The van der Waals surface area contributed by atoms with Gasteiger partial charge in [-0.1, -0.05) is 12.1 Å². The Balaban J connectivity index is 1.90. The Morgan fingerprint density at radius 2 is 1.23 bits per heavy atom. The fourth-order valence-electron chi connectivity index (χ4n) is 3.18. The number of hydrogen-bond donors (Lipinski definition) is 4. The lowest BCUT2D eigenvalue weighted by Crippen LogP contribution is -2.11. The predicted octanol–water partition coefficient (Wildman–Crippen LogP) is 5.90. The molecule has 0 atom stereocenters. The molecule has 3 nitrogen and oxygen atoms in total. The van der Waals surface area contributed by atoms with Gasteiger partial charge in [0.2, 0.25) is 0 Å². The molecule has 0 unspecified atom stereocenters. The normalized spacial score (nSPS) is 10.7. The maximum atomic E-state index is 6.10. The minimum absolute atomic E-state index is 0.870. The average Bonchev–Trinajstić information content (AvgIpc) is 2.59. The maximum absolute atomic E-state index is 6.10. The zero-order chi connectivity index (χ0) is 18.8. The van der Waals surface area contributed by atoms with E-state index in [9.17, 15) is 0 Å². The highest BCUT2D eigenvalue weighted by molar-refractivity contribution is 7.80. The number of aryl methyl sites for hydroxylation is 4. The molecule has 4 N–H and O–H groups in total. The van der Waals surface area contributed by atoms with Crippen molar-refractivity contribution in [3.8, 4) is 11.1 Å². The lowest BCUT2D eigenvalue weighted by Gasteiger charge is -2.18. The van der Waals surface area contributed by atoms with Crippen LogP contribution >= 0.6 is 12.6 Å². The van der Waals surface area contributed by atoms with E-state index in [-0.39, 0.29) is 0 Å². The first-order chi connectivity index (χ1) is 12.4. The van der Waals surface area contributed by atoms with Crippen LogP contribution in [0.15, 0.2) is 53.4 Å². The summed E-state index contributed by atoms with van der Waals surface area (Å²) < 4.78 is 0. The Labute approximate surface area is 161 Å². The van der Waals surface area contributed by atoms with Gasteiger partial charge in [0.05, 0.1) is 11.4 Å². The van der Waals surface area contributed by atoms with Gasteiger partial charge in [0.15, 0.2) is 0 Å². The first-order valence-electron chi connectivity index (χ1n) is 8.65. The van der Waals surface area contributed by atoms with Crippen LogP contribution < -0.4 is 16.6 Å². The van der Waals surface area contributed by atoms with Crippen molar-refractivity contribution in [2.24, 2.45) is 0 Å². The summed E-state index contributed by atoms with van der Waals surface area (Å²) in [6, 6.07) is 16.6. The number of benzene rings is 3. The quantitative estimate of drug-likeness (QED) is 0.265. The Morgan fingerprint density at radius 1 is 0.731 bits per heavy atom. The average molecular weight is 364 g/mol. The summed E-state index contributed by atoms with van der Waals surface area (Å²) in [6.45, 7) is 8.34. The van der Waals surface area contributed by atoms with Crippen LogP contribution in [-0.2, 0) is 0 Å². The summed E-state index contributed by atoms with van der Waals surface area (Å²) in [5.74, 6) is 0. The summed E-state index contributed by atoms with van der Waals surface area (Å²) in [5.41, 5.74) is 22.6. The molecule has 0 bridgehead atoms. The highest BCUT2D eigenvalue weighted by atomic mass is 32.1. The second-order valence-electron chi connectivity index (χ2n) is 6.78. The molecule has 0 heterocycles. The van der Waals surface area contributed by atoms with Gasteiger partial charge in [-0.15, -0.1) is 12.6 Å². The summed E-state index contributed by atoms with van der Waals surface area (Å²) in [6.07, 6.45) is 0. The number of hydrogen-bond acceptors (Lipinski definition) is 4. The fraction of sp³-hybridized carbons (Fsp3) is 0.182. The molecule has 3 rings (SSSR count). The second kappa shape index (κ2) is 7.34. The molecular formula is C22H25N3S. The van der Waals surface area contributed by atoms with Gasteiger partial charge in [0, 0.05) is 10.6 Å². The van der Waals surface area contributed by atoms with E-state index in [0.717, 1.165) is 33.1 Å². The summed E-state index contributed by atoms with van der Waals surface area (Å²) >= 11 is 4.47. The van der Waals surface area contributed by atoms with Crippen LogP contribution in [0.3, 0.4) is 0 Å². The fourth-order valence-corrected chi connectivity index (χ4v) is 3.39. The van der Waals surface area contributed by atoms with Crippen molar-refractivity contribution >= 4 is 29.7 Å². The van der Waals surface area contributed by atoms with Crippen molar-refractivity contribution in [3.63, 3.8) is 0 Å². The van der Waals surface area contributed by atoms with Gasteiger partial charge in [-0.05, 0) is 97.5 Å². The van der Waals surface area contributed by atoms with E-state index in [4.69, 9.17) is 5.73 Å². The number of nitrogens with one attached hydrogen (secondary N) is 2. The van der Waals surface area contributed by atoms with Crippen molar-refractivity contribution in [3.05, 3.63) is 70.8 Å². The van der Waals surface area contributed by atoms with Crippen LogP contribution in [0.4, 0.5) is 17.1 Å². The topological polar surface area (TPSA) is 50.1 Å². The third-order valence-corrected chi connectivity index (χ3v) is 5.08. The zero-order valence-corrected chi connectivity index (χ0v) is 16.5. The molecule has 3 aromatic rings. The third-order valence-electron chi connectivity index (χ3n) is 4.69. The van der Waals surface area contributed by atoms with Gasteiger partial charge in [-0.3, -0.25) is 5.43 Å². The molecule has 0 saturated carbocycles. The third kappa shape index (κ3) is 3.65. The number of rotatable bonds is 4. The zero-order valence-electron chi connectivity index (χ0n) is 15.6. The first kappa shape index (κ1) is 18.2. The van der Waals surface area contributed by atoms with Crippen molar-refractivity contribution < 1.29 is 0 Å². The van der Waals surface area contributed by atoms with E-state index in [1.165, 1.54) is 22.3 Å². The molecule has 4 heteroatoms. The van der Waals surface area contributed by atoms with E-state index in [1.54, 1.807) is 0 Å². The van der Waals surface area contributed by atoms with Gasteiger partial charge in [-0.25, -0.2) is 0 Å². The van der Waals surface area contributed by atoms with E-state index in [1.807, 2.05) is 24.3 Å². The van der Waals surface area contributed by atoms with Gasteiger partial charge >= 0.3 is 0 Å². The van der Waals surface area contributed by atoms with Crippen molar-refractivity contribution in [2.45, 2.75) is 32.6 Å². The molecule has 0 fully saturated rings. The van der Waals surface area contributed by atoms with Crippen LogP contribution in [-0.4, -0.2) is 0 Å². The summed E-state index contributed by atoms with van der Waals surface area (Å²) in [7, 11) is 0. The number of nitrogens with two attached hydrogens (primary N) is 1. The Bertz CT molecular complexity index is 917. The Hall–Kier alpha value is -2.59. The molecule has 3 aromatic carbocycles. The van der Waals surface area contributed by atoms with E-state index < -0.39 is 0 Å². The SMILES string of the molecule is Cc1cc(-c2cc(C)c(NNc3ccccc3S)c(C)c2)cc(C)c1N. The smallest absolute Gasteiger partial charge is 0.0673 e. The lowest BCUT2D eigenvalue weighted by atomic mass is 9.95. The molecule has 134 valence electrons. The standard InChI is InChI=1S/C22H25N3S/c1-13-9-17(10-14(2)21(13)23)18-11-15(3)22(16(4)12-18)25-24-19-7-5-6-8-20(19)26/h5-12,24-26H,23H2,1-4H3. The van der Waals surface area contributed by atoms with Crippen LogP contribution in [0.25, 0.3) is 11.1 Å². The molecular weight excluding hydrogens is 338 g/mol. The molecule has 0 amide bonds. The van der Waals surface area contributed by atoms with Crippen molar-refractivity contribution in [1.82, 2.24) is 0 Å². The van der Waals surface area contributed by atoms with Gasteiger partial charge in [0.1, 0.15) is 0 Å². The molecule has 0 spiro atoms. The number of thiol groups is 1. The predicted molar refractivity (Wildman–Crippen MR) is 116 cm³/mol. The monoisotopic (exact) mass is 363 g/mol. The first-order valence-corrected chi connectivity index (χ1v) is 9.10. The molecule has 0 radical (unpaired) electrons. The van der Waals surface area contributed by atoms with Crippen LogP contribution in [0.2, 0.25) is 0 Å². The summed E-state index contributed by atoms with van der Waals surface area (Å²) in [4.78, 5) is 0.903. The molecule has 0 aliphatic heterocycles. The van der Waals surface area contributed by atoms with E-state index >= 15 is 0 Å². The second-order valence-corrected chi connectivity index (χ2v) is 7.26. The van der Waals surface area contributed by atoms with Gasteiger partial charge in [-0.2, -0.15) is 0 Å². The molecule has 0 aliphatic rings. The van der Waals surface area contributed by atoms with Crippen molar-refractivity contribution in [1.29, 1.82) is 0 Å². The molecule has 26 heavy (non-hydrogen) atoms. The largest absolute Gasteiger partial charge is 0.398 e. The molecule has 0 aliphatic carbocycles. The van der Waals surface area contributed by atoms with Gasteiger partial charge < -0.3 is 11.2 Å². The highest BCUT2D eigenvalue weighted by Crippen LogP contribution is 2.32. The highest BCUT2D eigenvalue weighted by Gasteiger charge is 2.09. The lowest BCUT2D eigenvalue weighted by molar-refractivity contribution is 1.28. The van der Waals surface area contributed by atoms with E-state index in [0.29, 0.717) is 0 Å². The number of nitrogen functional groups attached to an aromatic ring is 1. The molecule has 0 saturated heterocycles. The number of para-hydroxylation sites is 1. The molecule has 0 aromatic heterocycles. The maximum Gasteiger partial charge on any atom is 0.0673 e. The Kier molecular flexibility index (Phi) is 5.14. The van der Waals surface area contributed by atoms with Crippen LogP contribution in [0, 0.1) is 27.7 Å². The minimum atomic E-state index is 0.870. The summed E-state index contributed by atoms with van der Waals surface area (Å²) in [5, 5.41) is 0.